The van der Waals surface area contributed by atoms with Crippen LogP contribution >= 0.6 is 24.0 Å². The predicted octanol–water partition coefficient (Wildman–Crippen LogP) is 3.54. The number of fused-ring (bicyclic) bond motifs is 2. The Hall–Kier alpha value is -1.13. The van der Waals surface area contributed by atoms with Gasteiger partial charge in [0.2, 0.25) is 0 Å². The van der Waals surface area contributed by atoms with Crippen LogP contribution in [-0.2, 0) is 11.3 Å². The van der Waals surface area contributed by atoms with Crippen molar-refractivity contribution in [1.82, 2.24) is 15.5 Å². The summed E-state index contributed by atoms with van der Waals surface area (Å²) < 4.78 is 25.0. The third kappa shape index (κ3) is 4.34. The van der Waals surface area contributed by atoms with Crippen LogP contribution in [0.1, 0.15) is 44.1 Å². The first-order valence-electron chi connectivity index (χ1n) is 11.8. The maximum atomic E-state index is 14.0. The zero-order valence-electron chi connectivity index (χ0n) is 19.1. The minimum absolute atomic E-state index is 0. The monoisotopic (exact) mass is 558 g/mol. The van der Waals surface area contributed by atoms with Crippen molar-refractivity contribution >= 4 is 29.9 Å². The number of methoxy groups -OCH3 is 1. The second-order valence-electron chi connectivity index (χ2n) is 9.69. The Balaban J connectivity index is 0.00000245. The highest BCUT2D eigenvalue weighted by Gasteiger charge is 2.66. The Kier molecular flexibility index (Phi) is 7.51. The quantitative estimate of drug-likeness (QED) is 0.329. The van der Waals surface area contributed by atoms with Crippen molar-refractivity contribution in [3.63, 3.8) is 0 Å². The maximum Gasteiger partial charge on any atom is 0.191 e. The van der Waals surface area contributed by atoms with Gasteiger partial charge in [0.1, 0.15) is 0 Å². The summed E-state index contributed by atoms with van der Waals surface area (Å²) in [6, 6.07) is 6.17. The molecule has 4 fully saturated rings. The number of ether oxygens (including phenoxy) is 2. The van der Waals surface area contributed by atoms with Crippen molar-refractivity contribution < 1.29 is 13.9 Å². The van der Waals surface area contributed by atoms with E-state index in [0.29, 0.717) is 35.3 Å². The van der Waals surface area contributed by atoms with Gasteiger partial charge in [0.05, 0.1) is 13.2 Å². The van der Waals surface area contributed by atoms with E-state index in [2.05, 4.69) is 20.5 Å². The summed E-state index contributed by atoms with van der Waals surface area (Å²) in [6.45, 7) is 3.68. The molecular formula is C24H36FIN4O2. The van der Waals surface area contributed by atoms with Gasteiger partial charge >= 0.3 is 0 Å². The molecule has 2 aliphatic carbocycles. The summed E-state index contributed by atoms with van der Waals surface area (Å²) in [5.74, 6) is 1.60. The topological polar surface area (TPSA) is 58.1 Å². The Morgan fingerprint density at radius 3 is 2.66 bits per heavy atom. The molecule has 3 unspecified atom stereocenters. The number of likely N-dealkylation sites (tertiary alicyclic amines) is 1. The predicted molar refractivity (Wildman–Crippen MR) is 134 cm³/mol. The van der Waals surface area contributed by atoms with Gasteiger partial charge in [-0.05, 0) is 49.8 Å². The van der Waals surface area contributed by atoms with Crippen LogP contribution in [0.5, 0.6) is 5.75 Å². The van der Waals surface area contributed by atoms with Crippen LogP contribution in [0.2, 0.25) is 0 Å². The molecule has 1 spiro atoms. The van der Waals surface area contributed by atoms with Crippen LogP contribution in [-0.4, -0.2) is 62.9 Å². The summed E-state index contributed by atoms with van der Waals surface area (Å²) in [5, 5.41) is 7.45. The van der Waals surface area contributed by atoms with Gasteiger partial charge in [-0.25, -0.2) is 4.39 Å². The number of hydrogen-bond acceptors (Lipinski definition) is 4. The number of nitrogens with one attached hydrogen (secondary N) is 2. The summed E-state index contributed by atoms with van der Waals surface area (Å²) in [5.41, 5.74) is 1.35. The van der Waals surface area contributed by atoms with E-state index in [4.69, 9.17) is 9.47 Å². The molecule has 0 aromatic heterocycles. The van der Waals surface area contributed by atoms with Crippen LogP contribution in [0.15, 0.2) is 23.2 Å². The molecular weight excluding hydrogens is 522 g/mol. The van der Waals surface area contributed by atoms with Gasteiger partial charge in [-0.1, -0.05) is 12.5 Å². The zero-order valence-corrected chi connectivity index (χ0v) is 21.4. The Labute approximate surface area is 207 Å². The minimum atomic E-state index is -0.290. The average Bonchev–Trinajstić information content (AvgIpc) is 3.16. The number of nitrogens with zero attached hydrogens (tertiary/aromatic N) is 2. The SMILES string of the molecule is CN=C(NC1CCN(Cc2ccc(OC)c(F)c2)CC1)NC1C2CCOC2C12CCC2.I. The lowest BCUT2D eigenvalue weighted by Crippen LogP contribution is -2.72. The van der Waals surface area contributed by atoms with Gasteiger partial charge in [-0.2, -0.15) is 0 Å². The van der Waals surface area contributed by atoms with E-state index in [1.165, 1.54) is 32.8 Å². The van der Waals surface area contributed by atoms with Crippen LogP contribution in [0, 0.1) is 17.2 Å². The first-order chi connectivity index (χ1) is 15.1. The summed E-state index contributed by atoms with van der Waals surface area (Å²) in [7, 11) is 3.37. The first kappa shape index (κ1) is 24.0. The lowest BCUT2D eigenvalue weighted by Gasteiger charge is -2.63. The molecule has 2 saturated carbocycles. The lowest BCUT2D eigenvalue weighted by molar-refractivity contribution is -0.171. The fraction of sp³-hybridized carbons (Fsp3) is 0.708. The molecule has 0 bridgehead atoms. The van der Waals surface area contributed by atoms with Crippen molar-refractivity contribution in [2.45, 2.75) is 63.3 Å². The molecule has 2 heterocycles. The summed E-state index contributed by atoms with van der Waals surface area (Å²) in [6.07, 6.45) is 7.66. The number of hydrogen-bond donors (Lipinski definition) is 2. The molecule has 178 valence electrons. The van der Waals surface area contributed by atoms with E-state index in [1.807, 2.05) is 13.1 Å². The summed E-state index contributed by atoms with van der Waals surface area (Å²) >= 11 is 0. The number of halogens is 2. The molecule has 1 aromatic carbocycles. The van der Waals surface area contributed by atoms with Crippen molar-refractivity contribution in [1.29, 1.82) is 0 Å². The van der Waals surface area contributed by atoms with Gasteiger partial charge in [0, 0.05) is 56.7 Å². The van der Waals surface area contributed by atoms with Gasteiger partial charge in [-0.3, -0.25) is 9.89 Å². The normalized spacial score (nSPS) is 29.5. The van der Waals surface area contributed by atoms with E-state index in [0.717, 1.165) is 50.6 Å². The van der Waals surface area contributed by atoms with Crippen LogP contribution in [0.3, 0.4) is 0 Å². The molecule has 2 N–H and O–H groups in total. The number of rotatable bonds is 5. The van der Waals surface area contributed by atoms with Crippen molar-refractivity contribution in [3.05, 3.63) is 29.6 Å². The fourth-order valence-corrected chi connectivity index (χ4v) is 6.27. The molecule has 32 heavy (non-hydrogen) atoms. The van der Waals surface area contributed by atoms with Crippen LogP contribution < -0.4 is 15.4 Å². The van der Waals surface area contributed by atoms with Gasteiger partial charge in [0.15, 0.2) is 17.5 Å². The Bertz CT molecular complexity index is 826. The zero-order chi connectivity index (χ0) is 21.4. The standard InChI is InChI=1S/C24H35FN4O2.HI/c1-26-23(28-21-18-8-13-31-22(18)24(21)9-3-10-24)27-17-6-11-29(12-7-17)15-16-4-5-20(30-2)19(25)14-16;/h4-5,14,17-18,21-22H,3,6-13,15H2,1-2H3,(H2,26,27,28);1H. The van der Waals surface area contributed by atoms with Gasteiger partial charge < -0.3 is 20.1 Å². The van der Waals surface area contributed by atoms with Crippen LogP contribution in [0.4, 0.5) is 4.39 Å². The molecule has 3 atom stereocenters. The highest BCUT2D eigenvalue weighted by Crippen LogP contribution is 2.62. The third-order valence-electron chi connectivity index (χ3n) is 8.10. The van der Waals surface area contributed by atoms with E-state index in [1.54, 1.807) is 12.1 Å². The van der Waals surface area contributed by atoms with E-state index < -0.39 is 0 Å². The lowest BCUT2D eigenvalue weighted by atomic mass is 9.46. The molecule has 6 nitrogen and oxygen atoms in total. The highest BCUT2D eigenvalue weighted by molar-refractivity contribution is 14.0. The minimum Gasteiger partial charge on any atom is -0.494 e. The molecule has 5 rings (SSSR count). The van der Waals surface area contributed by atoms with Crippen molar-refractivity contribution in [2.75, 3.05) is 33.9 Å². The second kappa shape index (κ2) is 10.0. The van der Waals surface area contributed by atoms with Gasteiger partial charge in [-0.15, -0.1) is 24.0 Å². The number of aliphatic imine (C=N–C) groups is 1. The Morgan fingerprint density at radius 2 is 2.03 bits per heavy atom. The Morgan fingerprint density at radius 1 is 1.25 bits per heavy atom. The smallest absolute Gasteiger partial charge is 0.191 e. The number of piperidine rings is 1. The van der Waals surface area contributed by atoms with E-state index >= 15 is 0 Å². The number of guanidine groups is 1. The summed E-state index contributed by atoms with van der Waals surface area (Å²) in [4.78, 5) is 6.94. The average molecular weight is 558 g/mol. The largest absolute Gasteiger partial charge is 0.494 e. The number of benzene rings is 1. The molecule has 2 aliphatic heterocycles. The van der Waals surface area contributed by atoms with E-state index in [-0.39, 0.29) is 29.8 Å². The molecule has 4 aliphatic rings. The molecule has 2 saturated heterocycles. The molecule has 0 radical (unpaired) electrons. The first-order valence-corrected chi connectivity index (χ1v) is 11.8. The van der Waals surface area contributed by atoms with Crippen molar-refractivity contribution in [3.8, 4) is 5.75 Å². The molecule has 8 heteroatoms. The fourth-order valence-electron chi connectivity index (χ4n) is 6.27. The highest BCUT2D eigenvalue weighted by atomic mass is 127. The van der Waals surface area contributed by atoms with E-state index in [9.17, 15) is 4.39 Å². The maximum absolute atomic E-state index is 14.0. The molecule has 1 aromatic rings. The third-order valence-corrected chi connectivity index (χ3v) is 8.10. The van der Waals surface area contributed by atoms with Crippen LogP contribution in [0.25, 0.3) is 0 Å². The van der Waals surface area contributed by atoms with Gasteiger partial charge in [0.25, 0.3) is 0 Å². The van der Waals surface area contributed by atoms with Crippen molar-refractivity contribution in [2.24, 2.45) is 16.3 Å². The second-order valence-corrected chi connectivity index (χ2v) is 9.69. The molecule has 0 amide bonds.